The number of nitrogens with zero attached hydrogens (tertiary/aromatic N) is 5. The molecule has 1 amide bonds. The summed E-state index contributed by atoms with van der Waals surface area (Å²) in [5, 5.41) is 9.84. The lowest BCUT2D eigenvalue weighted by Crippen LogP contribution is -2.49. The average molecular weight is 560 g/mol. The van der Waals surface area contributed by atoms with E-state index in [-0.39, 0.29) is 17.8 Å². The number of piperazine rings is 1. The standard InChI is InChI=1S/C31H34FN5O2S/c1-22-12-14-24(15-13-22)29-33-34-31(37(29)23(2)20-39-3)40-21-25-8-4-5-9-26(25)30(38)36-18-16-35(17-19-36)28-11-7-6-10-27(28)32/h4-15,23H,16-21H2,1-3H3/t23-/m1/s1. The van der Waals surface area contributed by atoms with Gasteiger partial charge in [0, 0.05) is 50.2 Å². The maximum atomic E-state index is 14.3. The molecule has 7 nitrogen and oxygen atoms in total. The topological polar surface area (TPSA) is 63.5 Å². The molecular formula is C31H34FN5O2S. The molecule has 3 aromatic carbocycles. The van der Waals surface area contributed by atoms with Crippen LogP contribution in [0.3, 0.4) is 0 Å². The van der Waals surface area contributed by atoms with Crippen molar-refractivity contribution in [3.8, 4) is 11.4 Å². The van der Waals surface area contributed by atoms with Gasteiger partial charge in [-0.1, -0.05) is 71.9 Å². The van der Waals surface area contributed by atoms with Crippen LogP contribution in [0.15, 0.2) is 78.0 Å². The zero-order valence-electron chi connectivity index (χ0n) is 23.1. The average Bonchev–Trinajstić information content (AvgIpc) is 3.41. The molecule has 1 saturated heterocycles. The Kier molecular flexibility index (Phi) is 8.81. The molecule has 1 aromatic heterocycles. The predicted octanol–water partition coefficient (Wildman–Crippen LogP) is 5.85. The van der Waals surface area contributed by atoms with E-state index >= 15 is 0 Å². The lowest BCUT2D eigenvalue weighted by Gasteiger charge is -2.36. The molecule has 0 aliphatic carbocycles. The fourth-order valence-electron chi connectivity index (χ4n) is 5.01. The van der Waals surface area contributed by atoms with Gasteiger partial charge in [0.05, 0.1) is 18.3 Å². The number of aryl methyl sites for hydroxylation is 1. The first-order valence-electron chi connectivity index (χ1n) is 13.5. The van der Waals surface area contributed by atoms with E-state index in [1.807, 2.05) is 40.1 Å². The molecule has 0 saturated carbocycles. The number of hydrogen-bond donors (Lipinski definition) is 0. The number of carbonyl (C=O) groups is 1. The Morgan fingerprint density at radius 2 is 1.68 bits per heavy atom. The van der Waals surface area contributed by atoms with E-state index in [4.69, 9.17) is 4.74 Å². The molecule has 1 aliphatic rings. The van der Waals surface area contributed by atoms with Gasteiger partial charge in [-0.05, 0) is 37.6 Å². The van der Waals surface area contributed by atoms with Crippen LogP contribution in [0.25, 0.3) is 11.4 Å². The zero-order chi connectivity index (χ0) is 28.1. The van der Waals surface area contributed by atoms with Crippen molar-refractivity contribution in [2.24, 2.45) is 0 Å². The second-order valence-electron chi connectivity index (χ2n) is 10.0. The molecule has 40 heavy (non-hydrogen) atoms. The number of rotatable bonds is 9. The molecule has 0 bridgehead atoms. The van der Waals surface area contributed by atoms with E-state index < -0.39 is 0 Å². The van der Waals surface area contributed by atoms with E-state index in [0.29, 0.717) is 49.8 Å². The second-order valence-corrected chi connectivity index (χ2v) is 11.0. The summed E-state index contributed by atoms with van der Waals surface area (Å²) in [5.41, 5.74) is 4.40. The Balaban J connectivity index is 1.31. The molecule has 5 rings (SSSR count). The molecule has 4 aromatic rings. The summed E-state index contributed by atoms with van der Waals surface area (Å²) in [6, 6.07) is 22.8. The first kappa shape index (κ1) is 27.9. The van der Waals surface area contributed by atoms with Gasteiger partial charge in [-0.25, -0.2) is 4.39 Å². The molecular weight excluding hydrogens is 525 g/mol. The highest BCUT2D eigenvalue weighted by Crippen LogP contribution is 2.31. The molecule has 208 valence electrons. The van der Waals surface area contributed by atoms with E-state index in [9.17, 15) is 9.18 Å². The minimum absolute atomic E-state index is 0.000976. The lowest BCUT2D eigenvalue weighted by atomic mass is 10.1. The first-order chi connectivity index (χ1) is 19.5. The molecule has 1 atom stereocenters. The fraction of sp³-hybridized carbons (Fsp3) is 0.323. The van der Waals surface area contributed by atoms with Crippen molar-refractivity contribution < 1.29 is 13.9 Å². The smallest absolute Gasteiger partial charge is 0.254 e. The van der Waals surface area contributed by atoms with Crippen LogP contribution in [0.5, 0.6) is 0 Å². The quantitative estimate of drug-likeness (QED) is 0.240. The van der Waals surface area contributed by atoms with Crippen molar-refractivity contribution in [2.75, 3.05) is 44.8 Å². The fourth-order valence-corrected chi connectivity index (χ4v) is 6.05. The molecule has 9 heteroatoms. The summed E-state index contributed by atoms with van der Waals surface area (Å²) in [5.74, 6) is 1.13. The Labute approximate surface area is 239 Å². The molecule has 0 N–H and O–H groups in total. The Morgan fingerprint density at radius 3 is 2.40 bits per heavy atom. The number of anilines is 1. The summed E-state index contributed by atoms with van der Waals surface area (Å²) in [7, 11) is 1.69. The lowest BCUT2D eigenvalue weighted by molar-refractivity contribution is 0.0746. The monoisotopic (exact) mass is 559 g/mol. The molecule has 0 spiro atoms. The SMILES string of the molecule is COC[C@@H](C)n1c(SCc2ccccc2C(=O)N2CCN(c3ccccc3F)CC2)nnc1-c1ccc(C)cc1. The van der Waals surface area contributed by atoms with Gasteiger partial charge < -0.3 is 14.5 Å². The highest BCUT2D eigenvalue weighted by atomic mass is 32.2. The number of hydrogen-bond acceptors (Lipinski definition) is 6. The van der Waals surface area contributed by atoms with Gasteiger partial charge in [0.1, 0.15) is 5.82 Å². The van der Waals surface area contributed by atoms with Crippen LogP contribution in [0.2, 0.25) is 0 Å². The summed E-state index contributed by atoms with van der Waals surface area (Å²) in [4.78, 5) is 17.5. The van der Waals surface area contributed by atoms with Crippen LogP contribution in [-0.4, -0.2) is 65.5 Å². The summed E-state index contributed by atoms with van der Waals surface area (Å²) >= 11 is 1.56. The van der Waals surface area contributed by atoms with Crippen LogP contribution < -0.4 is 4.90 Å². The van der Waals surface area contributed by atoms with E-state index in [1.165, 1.54) is 11.6 Å². The van der Waals surface area contributed by atoms with Crippen LogP contribution in [0.4, 0.5) is 10.1 Å². The molecule has 1 fully saturated rings. The predicted molar refractivity (Wildman–Crippen MR) is 157 cm³/mol. The number of halogens is 1. The number of para-hydroxylation sites is 1. The van der Waals surface area contributed by atoms with Crippen molar-refractivity contribution in [1.29, 1.82) is 0 Å². The van der Waals surface area contributed by atoms with Gasteiger partial charge in [0.15, 0.2) is 11.0 Å². The van der Waals surface area contributed by atoms with Gasteiger partial charge in [-0.15, -0.1) is 10.2 Å². The molecule has 1 aliphatic heterocycles. The van der Waals surface area contributed by atoms with Gasteiger partial charge in [0.25, 0.3) is 5.91 Å². The van der Waals surface area contributed by atoms with Crippen molar-refractivity contribution in [3.63, 3.8) is 0 Å². The normalized spacial score (nSPS) is 14.4. The Bertz CT molecular complexity index is 1450. The third-order valence-electron chi connectivity index (χ3n) is 7.19. The summed E-state index contributed by atoms with van der Waals surface area (Å²) < 4.78 is 21.8. The maximum Gasteiger partial charge on any atom is 0.254 e. The number of carbonyl (C=O) groups excluding carboxylic acids is 1. The molecule has 0 unspecified atom stereocenters. The number of benzene rings is 3. The van der Waals surface area contributed by atoms with Crippen LogP contribution in [0, 0.1) is 12.7 Å². The Morgan fingerprint density at radius 1 is 0.975 bits per heavy atom. The second kappa shape index (κ2) is 12.7. The highest BCUT2D eigenvalue weighted by molar-refractivity contribution is 7.98. The van der Waals surface area contributed by atoms with E-state index in [0.717, 1.165) is 22.1 Å². The summed E-state index contributed by atoms with van der Waals surface area (Å²) in [6.07, 6.45) is 0. The van der Waals surface area contributed by atoms with Gasteiger partial charge in [-0.3, -0.25) is 9.36 Å². The number of amides is 1. The summed E-state index contributed by atoms with van der Waals surface area (Å²) in [6.45, 7) is 6.93. The largest absolute Gasteiger partial charge is 0.383 e. The molecule has 0 radical (unpaired) electrons. The van der Waals surface area contributed by atoms with Crippen LogP contribution in [0.1, 0.15) is 34.5 Å². The third-order valence-corrected chi connectivity index (χ3v) is 8.18. The van der Waals surface area contributed by atoms with E-state index in [1.54, 1.807) is 31.0 Å². The van der Waals surface area contributed by atoms with Gasteiger partial charge in [-0.2, -0.15) is 0 Å². The maximum absolute atomic E-state index is 14.3. The Hall–Kier alpha value is -3.69. The number of ether oxygens (including phenoxy) is 1. The highest BCUT2D eigenvalue weighted by Gasteiger charge is 2.26. The number of methoxy groups -OCH3 is 1. The van der Waals surface area contributed by atoms with Crippen molar-refractivity contribution in [2.45, 2.75) is 30.8 Å². The van der Waals surface area contributed by atoms with Gasteiger partial charge in [0.2, 0.25) is 0 Å². The minimum atomic E-state index is -0.233. The minimum Gasteiger partial charge on any atom is -0.383 e. The third kappa shape index (κ3) is 6.05. The van der Waals surface area contributed by atoms with Crippen molar-refractivity contribution in [3.05, 3.63) is 95.3 Å². The van der Waals surface area contributed by atoms with Crippen LogP contribution in [-0.2, 0) is 10.5 Å². The zero-order valence-corrected chi connectivity index (χ0v) is 23.9. The van der Waals surface area contributed by atoms with Crippen molar-refractivity contribution >= 4 is 23.4 Å². The van der Waals surface area contributed by atoms with E-state index in [2.05, 4.69) is 52.9 Å². The first-order valence-corrected chi connectivity index (χ1v) is 14.4. The number of thioether (sulfide) groups is 1. The number of aromatic nitrogens is 3. The van der Waals surface area contributed by atoms with Crippen molar-refractivity contribution in [1.82, 2.24) is 19.7 Å². The van der Waals surface area contributed by atoms with Gasteiger partial charge >= 0.3 is 0 Å². The molecule has 2 heterocycles. The van der Waals surface area contributed by atoms with Crippen LogP contribution >= 0.6 is 11.8 Å².